The van der Waals surface area contributed by atoms with Gasteiger partial charge in [-0.25, -0.2) is 8.78 Å². The first-order valence-electron chi connectivity index (χ1n) is 4.92. The molecule has 0 aliphatic heterocycles. The van der Waals surface area contributed by atoms with Crippen LogP contribution in [0.1, 0.15) is 24.4 Å². The summed E-state index contributed by atoms with van der Waals surface area (Å²) in [5.74, 6) is -1.01. The second-order valence-electron chi connectivity index (χ2n) is 3.84. The van der Waals surface area contributed by atoms with Crippen molar-refractivity contribution in [1.82, 2.24) is 0 Å². The van der Waals surface area contributed by atoms with E-state index in [9.17, 15) is 8.78 Å². The van der Waals surface area contributed by atoms with Gasteiger partial charge in [0.25, 0.3) is 0 Å². The van der Waals surface area contributed by atoms with Crippen molar-refractivity contribution in [1.29, 1.82) is 0 Å². The van der Waals surface area contributed by atoms with Gasteiger partial charge in [-0.2, -0.15) is 0 Å². The lowest BCUT2D eigenvalue weighted by molar-refractivity contribution is 0.376. The molecule has 0 radical (unpaired) electrons. The van der Waals surface area contributed by atoms with Gasteiger partial charge in [-0.3, -0.25) is 0 Å². The zero-order chi connectivity index (χ0) is 11.0. The molecule has 0 bridgehead atoms. The number of hydrogen-bond acceptors (Lipinski definition) is 2. The molecule has 4 heteroatoms. The highest BCUT2D eigenvalue weighted by Gasteiger charge is 2.33. The van der Waals surface area contributed by atoms with Gasteiger partial charge in [0.05, 0.1) is 7.11 Å². The summed E-state index contributed by atoms with van der Waals surface area (Å²) in [6.07, 6.45) is 1.88. The number of ether oxygens (including phenoxy) is 1. The molecule has 2 N–H and O–H groups in total. The van der Waals surface area contributed by atoms with Gasteiger partial charge in [0, 0.05) is 11.6 Å². The lowest BCUT2D eigenvalue weighted by Gasteiger charge is -2.14. The van der Waals surface area contributed by atoms with E-state index in [2.05, 4.69) is 0 Å². The molecule has 0 amide bonds. The van der Waals surface area contributed by atoms with E-state index in [1.165, 1.54) is 19.2 Å². The Bertz CT molecular complexity index is 377. The Morgan fingerprint density at radius 1 is 1.40 bits per heavy atom. The third-order valence-electron chi connectivity index (χ3n) is 2.77. The summed E-state index contributed by atoms with van der Waals surface area (Å²) < 4.78 is 32.0. The molecule has 1 saturated carbocycles. The van der Waals surface area contributed by atoms with Crippen LogP contribution in [0.2, 0.25) is 0 Å². The van der Waals surface area contributed by atoms with Crippen LogP contribution in [0.15, 0.2) is 12.1 Å². The van der Waals surface area contributed by atoms with Crippen LogP contribution >= 0.6 is 0 Å². The fourth-order valence-electron chi connectivity index (χ4n) is 1.70. The van der Waals surface area contributed by atoms with Gasteiger partial charge in [-0.15, -0.1) is 0 Å². The molecule has 0 unspecified atom stereocenters. The quantitative estimate of drug-likeness (QED) is 0.836. The van der Waals surface area contributed by atoms with Gasteiger partial charge in [0.2, 0.25) is 0 Å². The molecule has 15 heavy (non-hydrogen) atoms. The van der Waals surface area contributed by atoms with Crippen LogP contribution in [0.5, 0.6) is 5.75 Å². The summed E-state index contributed by atoms with van der Waals surface area (Å²) in [6.45, 7) is 0. The summed E-state index contributed by atoms with van der Waals surface area (Å²) in [4.78, 5) is 0. The lowest BCUT2D eigenvalue weighted by atomic mass is 10.0. The van der Waals surface area contributed by atoms with Crippen molar-refractivity contribution in [2.24, 2.45) is 11.7 Å². The molecular weight excluding hydrogens is 200 g/mol. The Balaban J connectivity index is 2.42. The maximum atomic E-state index is 13.7. The van der Waals surface area contributed by atoms with Crippen LogP contribution in [0.25, 0.3) is 0 Å². The summed E-state index contributed by atoms with van der Waals surface area (Å²) >= 11 is 0. The number of rotatable bonds is 3. The first-order chi connectivity index (χ1) is 7.15. The SMILES string of the molecule is COc1ccc(F)c([C@@H](N)C2CC2)c1F. The van der Waals surface area contributed by atoms with Crippen LogP contribution in [-0.4, -0.2) is 7.11 Å². The third kappa shape index (κ3) is 1.81. The van der Waals surface area contributed by atoms with E-state index in [-0.39, 0.29) is 17.2 Å². The van der Waals surface area contributed by atoms with Gasteiger partial charge in [0.1, 0.15) is 5.82 Å². The normalized spacial score (nSPS) is 17.6. The van der Waals surface area contributed by atoms with Gasteiger partial charge in [-0.1, -0.05) is 0 Å². The Morgan fingerprint density at radius 3 is 2.60 bits per heavy atom. The second-order valence-corrected chi connectivity index (χ2v) is 3.84. The largest absolute Gasteiger partial charge is 0.494 e. The maximum Gasteiger partial charge on any atom is 0.172 e. The Labute approximate surface area is 87.0 Å². The number of hydrogen-bond donors (Lipinski definition) is 1. The van der Waals surface area contributed by atoms with Gasteiger partial charge in [0.15, 0.2) is 11.6 Å². The first kappa shape index (κ1) is 10.4. The van der Waals surface area contributed by atoms with Gasteiger partial charge in [-0.05, 0) is 30.9 Å². The molecule has 0 aromatic heterocycles. The van der Waals surface area contributed by atoms with E-state index in [0.29, 0.717) is 0 Å². The van der Waals surface area contributed by atoms with Crippen LogP contribution in [0, 0.1) is 17.6 Å². The first-order valence-corrected chi connectivity index (χ1v) is 4.92. The summed E-state index contributed by atoms with van der Waals surface area (Å²) in [7, 11) is 1.35. The van der Waals surface area contributed by atoms with Gasteiger partial charge >= 0.3 is 0 Å². The van der Waals surface area contributed by atoms with Crippen molar-refractivity contribution in [2.75, 3.05) is 7.11 Å². The molecule has 2 rings (SSSR count). The molecule has 2 nitrogen and oxygen atoms in total. The zero-order valence-corrected chi connectivity index (χ0v) is 8.47. The number of nitrogens with two attached hydrogens (primary N) is 1. The predicted octanol–water partition coefficient (Wildman–Crippen LogP) is 2.38. The van der Waals surface area contributed by atoms with E-state index < -0.39 is 17.7 Å². The molecule has 0 saturated heterocycles. The minimum Gasteiger partial charge on any atom is -0.494 e. The van der Waals surface area contributed by atoms with Crippen molar-refractivity contribution in [2.45, 2.75) is 18.9 Å². The molecule has 0 heterocycles. The Kier molecular flexibility index (Phi) is 2.61. The molecule has 1 aliphatic carbocycles. The minimum absolute atomic E-state index is 0.0440. The van der Waals surface area contributed by atoms with Crippen molar-refractivity contribution in [3.63, 3.8) is 0 Å². The molecule has 1 aromatic carbocycles. The highest BCUT2D eigenvalue weighted by atomic mass is 19.1. The molecule has 82 valence electrons. The van der Waals surface area contributed by atoms with Crippen molar-refractivity contribution >= 4 is 0 Å². The lowest BCUT2D eigenvalue weighted by Crippen LogP contribution is -2.16. The average Bonchev–Trinajstić information content (AvgIpc) is 3.01. The summed E-state index contributed by atoms with van der Waals surface area (Å²) in [6, 6.07) is 1.91. The number of methoxy groups -OCH3 is 1. The Morgan fingerprint density at radius 2 is 2.07 bits per heavy atom. The second kappa shape index (κ2) is 3.77. The highest BCUT2D eigenvalue weighted by Crippen LogP contribution is 2.42. The highest BCUT2D eigenvalue weighted by molar-refractivity contribution is 5.35. The summed E-state index contributed by atoms with van der Waals surface area (Å²) in [5, 5.41) is 0. The van der Waals surface area contributed by atoms with Crippen LogP contribution in [-0.2, 0) is 0 Å². The number of benzene rings is 1. The average molecular weight is 213 g/mol. The smallest absolute Gasteiger partial charge is 0.172 e. The van der Waals surface area contributed by atoms with Crippen molar-refractivity contribution in [3.05, 3.63) is 29.3 Å². The molecular formula is C11H13F2NO. The maximum absolute atomic E-state index is 13.7. The predicted molar refractivity (Wildman–Crippen MR) is 52.6 cm³/mol. The topological polar surface area (TPSA) is 35.2 Å². The zero-order valence-electron chi connectivity index (χ0n) is 8.47. The van der Waals surface area contributed by atoms with Crippen LogP contribution in [0.3, 0.4) is 0 Å². The fourth-order valence-corrected chi connectivity index (χ4v) is 1.70. The standard InChI is InChI=1S/C11H13F2NO/c1-15-8-5-4-7(12)9(10(8)13)11(14)6-2-3-6/h4-6,11H,2-3,14H2,1H3/t11-/m0/s1. The van der Waals surface area contributed by atoms with Crippen LogP contribution in [0.4, 0.5) is 8.78 Å². The molecule has 1 aromatic rings. The van der Waals surface area contributed by atoms with Gasteiger partial charge < -0.3 is 10.5 Å². The third-order valence-corrected chi connectivity index (χ3v) is 2.77. The van der Waals surface area contributed by atoms with E-state index in [1.54, 1.807) is 0 Å². The van der Waals surface area contributed by atoms with E-state index in [1.807, 2.05) is 0 Å². The van der Waals surface area contributed by atoms with Crippen molar-refractivity contribution in [3.8, 4) is 5.75 Å². The van der Waals surface area contributed by atoms with E-state index >= 15 is 0 Å². The fraction of sp³-hybridized carbons (Fsp3) is 0.455. The monoisotopic (exact) mass is 213 g/mol. The Hall–Kier alpha value is -1.16. The van der Waals surface area contributed by atoms with Crippen LogP contribution < -0.4 is 10.5 Å². The minimum atomic E-state index is -0.670. The number of halogens is 2. The molecule has 1 fully saturated rings. The van der Waals surface area contributed by atoms with E-state index in [0.717, 1.165) is 12.8 Å². The van der Waals surface area contributed by atoms with Crippen molar-refractivity contribution < 1.29 is 13.5 Å². The van der Waals surface area contributed by atoms with E-state index in [4.69, 9.17) is 10.5 Å². The molecule has 0 spiro atoms. The summed E-state index contributed by atoms with van der Waals surface area (Å²) in [5.41, 5.74) is 5.75. The molecule has 1 atom stereocenters. The molecule has 1 aliphatic rings.